The summed E-state index contributed by atoms with van der Waals surface area (Å²) in [5.74, 6) is 0.582. The number of fused-ring (bicyclic) bond motifs is 1. The molecule has 0 aliphatic rings. The molecule has 22 heavy (non-hydrogen) atoms. The maximum absolute atomic E-state index is 13.3. The van der Waals surface area contributed by atoms with Crippen LogP contribution in [0.1, 0.15) is 5.56 Å². The molecule has 2 nitrogen and oxygen atoms in total. The predicted molar refractivity (Wildman–Crippen MR) is 78.7 cm³/mol. The smallest absolute Gasteiger partial charge is 0.418 e. The lowest BCUT2D eigenvalue weighted by Gasteiger charge is -2.14. The summed E-state index contributed by atoms with van der Waals surface area (Å²) in [6, 6.07) is 14.3. The Morgan fingerprint density at radius 1 is 0.955 bits per heavy atom. The molecule has 0 atom stereocenters. The van der Waals surface area contributed by atoms with Gasteiger partial charge in [0.15, 0.2) is 0 Å². The van der Waals surface area contributed by atoms with Crippen LogP contribution >= 0.6 is 0 Å². The zero-order valence-electron chi connectivity index (χ0n) is 11.7. The summed E-state index contributed by atoms with van der Waals surface area (Å²) >= 11 is 0. The van der Waals surface area contributed by atoms with Gasteiger partial charge in [-0.3, -0.25) is 0 Å². The molecular formula is C17H12F3NO. The Bertz CT molecular complexity index is 810. The number of hydrogen-bond donors (Lipinski definition) is 0. The van der Waals surface area contributed by atoms with Crippen molar-refractivity contribution in [2.24, 2.45) is 0 Å². The molecule has 3 rings (SSSR count). The number of methoxy groups -OCH3 is 1. The molecule has 0 bridgehead atoms. The molecule has 0 amide bonds. The van der Waals surface area contributed by atoms with Gasteiger partial charge in [-0.1, -0.05) is 18.2 Å². The third kappa shape index (κ3) is 2.62. The number of pyridine rings is 1. The summed E-state index contributed by atoms with van der Waals surface area (Å²) in [6.07, 6.45) is -4.47. The first-order chi connectivity index (χ1) is 10.5. The molecule has 0 fully saturated rings. The van der Waals surface area contributed by atoms with E-state index >= 15 is 0 Å². The largest absolute Gasteiger partial charge is 0.497 e. The number of ether oxygens (including phenoxy) is 1. The van der Waals surface area contributed by atoms with Crippen molar-refractivity contribution >= 4 is 10.9 Å². The van der Waals surface area contributed by atoms with Gasteiger partial charge >= 0.3 is 6.18 Å². The monoisotopic (exact) mass is 303 g/mol. The molecular weight excluding hydrogens is 291 g/mol. The summed E-state index contributed by atoms with van der Waals surface area (Å²) in [6.45, 7) is 0. The van der Waals surface area contributed by atoms with Gasteiger partial charge in [0, 0.05) is 10.9 Å². The Labute approximate surface area is 125 Å². The summed E-state index contributed by atoms with van der Waals surface area (Å²) in [7, 11) is 1.50. The van der Waals surface area contributed by atoms with E-state index in [-0.39, 0.29) is 5.69 Å². The number of hydrogen-bond acceptors (Lipinski definition) is 2. The standard InChI is InChI=1S/C17H12F3NO/c1-22-13-8-6-11(7-9-13)16-14(17(18,19)20)10-12-4-2-3-5-15(12)21-16/h2-10H,1H3. The summed E-state index contributed by atoms with van der Waals surface area (Å²) in [5.41, 5.74) is 0.116. The lowest BCUT2D eigenvalue weighted by molar-refractivity contribution is -0.137. The number of nitrogens with zero attached hydrogens (tertiary/aromatic N) is 1. The number of aromatic nitrogens is 1. The van der Waals surface area contributed by atoms with Gasteiger partial charge in [0.25, 0.3) is 0 Å². The fourth-order valence-corrected chi connectivity index (χ4v) is 2.30. The van der Waals surface area contributed by atoms with E-state index in [1.807, 2.05) is 0 Å². The van der Waals surface area contributed by atoms with Gasteiger partial charge in [-0.2, -0.15) is 13.2 Å². The van der Waals surface area contributed by atoms with Gasteiger partial charge in [0.05, 0.1) is 23.9 Å². The molecule has 0 saturated carbocycles. The first-order valence-corrected chi connectivity index (χ1v) is 6.60. The van der Waals surface area contributed by atoms with Crippen LogP contribution in [-0.2, 0) is 6.18 Å². The van der Waals surface area contributed by atoms with Crippen LogP contribution in [-0.4, -0.2) is 12.1 Å². The Morgan fingerprint density at radius 3 is 2.27 bits per heavy atom. The summed E-state index contributed by atoms with van der Waals surface area (Å²) < 4.78 is 45.1. The molecule has 112 valence electrons. The Balaban J connectivity index is 2.25. The highest BCUT2D eigenvalue weighted by Crippen LogP contribution is 2.38. The zero-order valence-corrected chi connectivity index (χ0v) is 11.7. The molecule has 5 heteroatoms. The van der Waals surface area contributed by atoms with Crippen molar-refractivity contribution in [3.63, 3.8) is 0 Å². The lowest BCUT2D eigenvalue weighted by atomic mass is 10.0. The van der Waals surface area contributed by atoms with Crippen LogP contribution in [0.5, 0.6) is 5.75 Å². The van der Waals surface area contributed by atoms with Crippen LogP contribution in [0.3, 0.4) is 0 Å². The SMILES string of the molecule is COc1ccc(-c2nc3ccccc3cc2C(F)(F)F)cc1. The minimum Gasteiger partial charge on any atom is -0.497 e. The molecule has 0 aliphatic carbocycles. The second-order valence-electron chi connectivity index (χ2n) is 4.80. The average Bonchev–Trinajstić information content (AvgIpc) is 2.53. The van der Waals surface area contributed by atoms with Crippen LogP contribution in [0.4, 0.5) is 13.2 Å². The number of benzene rings is 2. The highest BCUT2D eigenvalue weighted by molar-refractivity contribution is 5.83. The lowest BCUT2D eigenvalue weighted by Crippen LogP contribution is -2.08. The first-order valence-electron chi connectivity index (χ1n) is 6.60. The van der Waals surface area contributed by atoms with Crippen molar-refractivity contribution in [3.05, 3.63) is 60.2 Å². The van der Waals surface area contributed by atoms with Crippen molar-refractivity contribution in [1.82, 2.24) is 4.98 Å². The van der Waals surface area contributed by atoms with E-state index in [0.29, 0.717) is 22.2 Å². The molecule has 0 spiro atoms. The van der Waals surface area contributed by atoms with Crippen LogP contribution in [0.25, 0.3) is 22.2 Å². The van der Waals surface area contributed by atoms with Crippen molar-refractivity contribution in [2.45, 2.75) is 6.18 Å². The zero-order chi connectivity index (χ0) is 15.7. The third-order valence-corrected chi connectivity index (χ3v) is 3.39. The normalized spacial score (nSPS) is 11.6. The number of halogens is 3. The predicted octanol–water partition coefficient (Wildman–Crippen LogP) is 4.93. The molecule has 2 aromatic carbocycles. The number of alkyl halides is 3. The Kier molecular flexibility index (Phi) is 3.48. The van der Waals surface area contributed by atoms with Crippen molar-refractivity contribution in [3.8, 4) is 17.0 Å². The topological polar surface area (TPSA) is 22.1 Å². The van der Waals surface area contributed by atoms with Crippen molar-refractivity contribution in [1.29, 1.82) is 0 Å². The maximum atomic E-state index is 13.3. The maximum Gasteiger partial charge on any atom is 0.418 e. The Hall–Kier alpha value is -2.56. The number of para-hydroxylation sites is 1. The van der Waals surface area contributed by atoms with Gasteiger partial charge in [-0.15, -0.1) is 0 Å². The summed E-state index contributed by atoms with van der Waals surface area (Å²) in [4.78, 5) is 4.21. The van der Waals surface area contributed by atoms with Crippen LogP contribution in [0, 0.1) is 0 Å². The molecule has 3 aromatic rings. The van der Waals surface area contributed by atoms with E-state index in [1.165, 1.54) is 7.11 Å². The molecule has 0 radical (unpaired) electrons. The molecule has 1 heterocycles. The highest BCUT2D eigenvalue weighted by atomic mass is 19.4. The van der Waals surface area contributed by atoms with Crippen LogP contribution in [0.2, 0.25) is 0 Å². The van der Waals surface area contributed by atoms with E-state index in [4.69, 9.17) is 4.74 Å². The highest BCUT2D eigenvalue weighted by Gasteiger charge is 2.35. The average molecular weight is 303 g/mol. The van der Waals surface area contributed by atoms with E-state index in [0.717, 1.165) is 6.07 Å². The molecule has 0 unspecified atom stereocenters. The van der Waals surface area contributed by atoms with E-state index in [1.54, 1.807) is 48.5 Å². The molecule has 0 N–H and O–H groups in total. The quantitative estimate of drug-likeness (QED) is 0.669. The van der Waals surface area contributed by atoms with E-state index < -0.39 is 11.7 Å². The molecule has 1 aromatic heterocycles. The fraction of sp³-hybridized carbons (Fsp3) is 0.118. The minimum atomic E-state index is -4.47. The fourth-order valence-electron chi connectivity index (χ4n) is 2.30. The minimum absolute atomic E-state index is 0.0751. The van der Waals surface area contributed by atoms with Gasteiger partial charge in [0.1, 0.15) is 5.75 Å². The van der Waals surface area contributed by atoms with Gasteiger partial charge in [-0.25, -0.2) is 4.98 Å². The molecule has 0 saturated heterocycles. The van der Waals surface area contributed by atoms with Gasteiger partial charge in [0.2, 0.25) is 0 Å². The third-order valence-electron chi connectivity index (χ3n) is 3.39. The van der Waals surface area contributed by atoms with Gasteiger partial charge in [-0.05, 0) is 36.4 Å². The second-order valence-corrected chi connectivity index (χ2v) is 4.80. The van der Waals surface area contributed by atoms with Crippen LogP contribution < -0.4 is 4.74 Å². The van der Waals surface area contributed by atoms with Crippen molar-refractivity contribution in [2.75, 3.05) is 7.11 Å². The second kappa shape index (κ2) is 5.33. The Morgan fingerprint density at radius 2 is 1.64 bits per heavy atom. The van der Waals surface area contributed by atoms with Crippen LogP contribution in [0.15, 0.2) is 54.6 Å². The van der Waals surface area contributed by atoms with Crippen molar-refractivity contribution < 1.29 is 17.9 Å². The molecule has 0 aliphatic heterocycles. The van der Waals surface area contributed by atoms with E-state index in [2.05, 4.69) is 4.98 Å². The summed E-state index contributed by atoms with van der Waals surface area (Å²) in [5, 5.41) is 0.465. The number of rotatable bonds is 2. The van der Waals surface area contributed by atoms with Gasteiger partial charge < -0.3 is 4.74 Å². The van der Waals surface area contributed by atoms with E-state index in [9.17, 15) is 13.2 Å². The first kappa shape index (κ1) is 14.4.